The standard InChI is InChI=1S/C8H8ClN3/c1-2-12-8-6(5-11-12)7(9)3-4-10-8/h3-5H,2H2,1H3. The van der Waals surface area contributed by atoms with Crippen LogP contribution in [0.3, 0.4) is 0 Å². The third kappa shape index (κ3) is 0.975. The summed E-state index contributed by atoms with van der Waals surface area (Å²) in [6.45, 7) is 2.84. The highest BCUT2D eigenvalue weighted by atomic mass is 35.5. The molecule has 0 unspecified atom stereocenters. The van der Waals surface area contributed by atoms with Crippen molar-refractivity contribution in [1.29, 1.82) is 0 Å². The van der Waals surface area contributed by atoms with E-state index in [2.05, 4.69) is 10.1 Å². The van der Waals surface area contributed by atoms with Gasteiger partial charge in [0, 0.05) is 12.7 Å². The van der Waals surface area contributed by atoms with Crippen LogP contribution in [0.1, 0.15) is 6.92 Å². The van der Waals surface area contributed by atoms with E-state index in [1.54, 1.807) is 18.5 Å². The molecule has 0 amide bonds. The van der Waals surface area contributed by atoms with E-state index < -0.39 is 0 Å². The molecular weight excluding hydrogens is 174 g/mol. The summed E-state index contributed by atoms with van der Waals surface area (Å²) in [5, 5.41) is 5.77. The van der Waals surface area contributed by atoms with Crippen molar-refractivity contribution in [2.45, 2.75) is 13.5 Å². The number of hydrogen-bond acceptors (Lipinski definition) is 2. The molecule has 0 radical (unpaired) electrons. The van der Waals surface area contributed by atoms with Crippen LogP contribution in [0.2, 0.25) is 5.02 Å². The van der Waals surface area contributed by atoms with Crippen molar-refractivity contribution in [3.05, 3.63) is 23.5 Å². The molecule has 0 spiro atoms. The number of pyridine rings is 1. The van der Waals surface area contributed by atoms with E-state index in [0.717, 1.165) is 17.6 Å². The third-order valence-electron chi connectivity index (χ3n) is 1.79. The summed E-state index contributed by atoms with van der Waals surface area (Å²) < 4.78 is 1.82. The molecule has 2 heterocycles. The Labute approximate surface area is 75.0 Å². The van der Waals surface area contributed by atoms with Crippen LogP contribution in [0.4, 0.5) is 0 Å². The molecule has 0 aliphatic rings. The molecule has 4 heteroatoms. The Balaban J connectivity index is 2.80. The van der Waals surface area contributed by atoms with Crippen molar-refractivity contribution in [2.75, 3.05) is 0 Å². The van der Waals surface area contributed by atoms with Crippen molar-refractivity contribution in [1.82, 2.24) is 14.8 Å². The SMILES string of the molecule is CCn1ncc2c(Cl)ccnc21. The minimum absolute atomic E-state index is 0.708. The molecule has 0 aromatic carbocycles. The molecule has 0 saturated carbocycles. The molecule has 0 aliphatic carbocycles. The Morgan fingerprint density at radius 1 is 1.58 bits per heavy atom. The number of nitrogens with zero attached hydrogens (tertiary/aromatic N) is 3. The molecule has 2 rings (SSSR count). The highest BCUT2D eigenvalue weighted by Gasteiger charge is 2.04. The molecular formula is C8H8ClN3. The van der Waals surface area contributed by atoms with Crippen LogP contribution < -0.4 is 0 Å². The van der Waals surface area contributed by atoms with E-state index in [1.807, 2.05) is 11.6 Å². The maximum atomic E-state index is 5.93. The quantitative estimate of drug-likeness (QED) is 0.675. The number of rotatable bonds is 1. The van der Waals surface area contributed by atoms with Crippen LogP contribution >= 0.6 is 11.6 Å². The van der Waals surface area contributed by atoms with Gasteiger partial charge in [-0.05, 0) is 13.0 Å². The third-order valence-corrected chi connectivity index (χ3v) is 2.12. The zero-order chi connectivity index (χ0) is 8.55. The average Bonchev–Trinajstić information content (AvgIpc) is 2.49. The first-order valence-corrected chi connectivity index (χ1v) is 4.16. The van der Waals surface area contributed by atoms with Crippen LogP contribution in [-0.2, 0) is 6.54 Å². The first-order chi connectivity index (χ1) is 5.83. The Kier molecular flexibility index (Phi) is 1.73. The van der Waals surface area contributed by atoms with Gasteiger partial charge in [0.15, 0.2) is 5.65 Å². The molecule has 12 heavy (non-hydrogen) atoms. The minimum Gasteiger partial charge on any atom is -0.248 e. The van der Waals surface area contributed by atoms with E-state index >= 15 is 0 Å². The van der Waals surface area contributed by atoms with Crippen molar-refractivity contribution in [3.63, 3.8) is 0 Å². The van der Waals surface area contributed by atoms with Crippen LogP contribution in [0.5, 0.6) is 0 Å². The number of aromatic nitrogens is 3. The molecule has 0 saturated heterocycles. The Morgan fingerprint density at radius 3 is 3.17 bits per heavy atom. The summed E-state index contributed by atoms with van der Waals surface area (Å²) in [7, 11) is 0. The number of aryl methyl sites for hydroxylation is 1. The predicted octanol–water partition coefficient (Wildman–Crippen LogP) is 2.10. The number of hydrogen-bond donors (Lipinski definition) is 0. The summed E-state index contributed by atoms with van der Waals surface area (Å²) in [5.41, 5.74) is 0.852. The Morgan fingerprint density at radius 2 is 2.42 bits per heavy atom. The first kappa shape index (κ1) is 7.55. The van der Waals surface area contributed by atoms with Crippen molar-refractivity contribution in [2.24, 2.45) is 0 Å². The lowest BCUT2D eigenvalue weighted by Crippen LogP contribution is -1.96. The topological polar surface area (TPSA) is 30.7 Å². The second-order valence-electron chi connectivity index (χ2n) is 2.49. The van der Waals surface area contributed by atoms with Gasteiger partial charge in [-0.25, -0.2) is 9.67 Å². The zero-order valence-corrected chi connectivity index (χ0v) is 7.41. The summed E-state index contributed by atoms with van der Waals surface area (Å²) in [6, 6.07) is 1.77. The summed E-state index contributed by atoms with van der Waals surface area (Å²) in [4.78, 5) is 4.19. The van der Waals surface area contributed by atoms with Gasteiger partial charge in [-0.15, -0.1) is 0 Å². The van der Waals surface area contributed by atoms with Gasteiger partial charge in [0.1, 0.15) is 0 Å². The van der Waals surface area contributed by atoms with Crippen molar-refractivity contribution >= 4 is 22.6 Å². The zero-order valence-electron chi connectivity index (χ0n) is 6.66. The maximum Gasteiger partial charge on any atom is 0.159 e. The molecule has 2 aromatic heterocycles. The normalized spacial score (nSPS) is 10.8. The first-order valence-electron chi connectivity index (χ1n) is 3.79. The lowest BCUT2D eigenvalue weighted by molar-refractivity contribution is 0.677. The van der Waals surface area contributed by atoms with E-state index in [1.165, 1.54) is 0 Å². The van der Waals surface area contributed by atoms with Gasteiger partial charge in [-0.3, -0.25) is 0 Å². The second-order valence-corrected chi connectivity index (χ2v) is 2.90. The highest BCUT2D eigenvalue weighted by molar-refractivity contribution is 6.35. The van der Waals surface area contributed by atoms with E-state index in [-0.39, 0.29) is 0 Å². The fourth-order valence-corrected chi connectivity index (χ4v) is 1.37. The minimum atomic E-state index is 0.708. The molecule has 0 bridgehead atoms. The number of halogens is 1. The van der Waals surface area contributed by atoms with Gasteiger partial charge in [0.25, 0.3) is 0 Å². The molecule has 0 N–H and O–H groups in total. The summed E-state index contributed by atoms with van der Waals surface area (Å²) in [5.74, 6) is 0. The molecule has 3 nitrogen and oxygen atoms in total. The fourth-order valence-electron chi connectivity index (χ4n) is 1.18. The molecule has 0 aliphatic heterocycles. The van der Waals surface area contributed by atoms with E-state index in [4.69, 9.17) is 11.6 Å². The fraction of sp³-hybridized carbons (Fsp3) is 0.250. The highest BCUT2D eigenvalue weighted by Crippen LogP contribution is 2.20. The van der Waals surface area contributed by atoms with E-state index in [9.17, 15) is 0 Å². The predicted molar refractivity (Wildman–Crippen MR) is 48.2 cm³/mol. The largest absolute Gasteiger partial charge is 0.248 e. The van der Waals surface area contributed by atoms with Crippen LogP contribution in [0, 0.1) is 0 Å². The molecule has 0 fully saturated rings. The Hall–Kier alpha value is -1.09. The monoisotopic (exact) mass is 181 g/mol. The van der Waals surface area contributed by atoms with Gasteiger partial charge in [-0.1, -0.05) is 11.6 Å². The lowest BCUT2D eigenvalue weighted by Gasteiger charge is -1.96. The summed E-state index contributed by atoms with van der Waals surface area (Å²) >= 11 is 5.93. The lowest BCUT2D eigenvalue weighted by atomic mass is 10.3. The second kappa shape index (κ2) is 2.75. The average molecular weight is 182 g/mol. The smallest absolute Gasteiger partial charge is 0.159 e. The summed E-state index contributed by atoms with van der Waals surface area (Å²) in [6.07, 6.45) is 3.44. The number of fused-ring (bicyclic) bond motifs is 1. The molecule has 2 aromatic rings. The van der Waals surface area contributed by atoms with Gasteiger partial charge >= 0.3 is 0 Å². The van der Waals surface area contributed by atoms with Crippen molar-refractivity contribution < 1.29 is 0 Å². The maximum absolute atomic E-state index is 5.93. The molecule has 62 valence electrons. The van der Waals surface area contributed by atoms with Crippen LogP contribution in [0.15, 0.2) is 18.5 Å². The van der Waals surface area contributed by atoms with Gasteiger partial charge in [-0.2, -0.15) is 5.10 Å². The van der Waals surface area contributed by atoms with Gasteiger partial charge < -0.3 is 0 Å². The van der Waals surface area contributed by atoms with Gasteiger partial charge in [0.05, 0.1) is 16.6 Å². The van der Waals surface area contributed by atoms with Crippen LogP contribution in [-0.4, -0.2) is 14.8 Å². The van der Waals surface area contributed by atoms with Gasteiger partial charge in [0.2, 0.25) is 0 Å². The van der Waals surface area contributed by atoms with Crippen LogP contribution in [0.25, 0.3) is 11.0 Å². The molecule has 0 atom stereocenters. The van der Waals surface area contributed by atoms with Crippen molar-refractivity contribution in [3.8, 4) is 0 Å². The van der Waals surface area contributed by atoms with E-state index in [0.29, 0.717) is 5.02 Å². The Bertz CT molecular complexity index is 408.